The van der Waals surface area contributed by atoms with Crippen molar-refractivity contribution in [3.8, 4) is 0 Å². The quantitative estimate of drug-likeness (QED) is 0.803. The van der Waals surface area contributed by atoms with E-state index < -0.39 is 22.0 Å². The molecule has 0 aromatic rings. The molecule has 1 aliphatic rings. The summed E-state index contributed by atoms with van der Waals surface area (Å²) in [6.07, 6.45) is 1.55. The summed E-state index contributed by atoms with van der Waals surface area (Å²) in [5, 5.41) is 8.80. The van der Waals surface area contributed by atoms with Crippen LogP contribution in [0.25, 0.3) is 0 Å². The normalized spacial score (nSPS) is 27.1. The van der Waals surface area contributed by atoms with Gasteiger partial charge in [-0.2, -0.15) is 4.31 Å². The Morgan fingerprint density at radius 3 is 2.56 bits per heavy atom. The Bertz CT molecular complexity index is 355. The van der Waals surface area contributed by atoms with Crippen molar-refractivity contribution in [3.63, 3.8) is 0 Å². The van der Waals surface area contributed by atoms with Crippen LogP contribution in [0.3, 0.4) is 0 Å². The number of nitrogens with zero attached hydrogens (tertiary/aromatic N) is 1. The number of carboxylic acid groups (broad SMARTS) is 1. The van der Waals surface area contributed by atoms with Crippen LogP contribution in [-0.4, -0.2) is 46.7 Å². The second-order valence-corrected chi connectivity index (χ2v) is 7.03. The molecule has 0 aromatic heterocycles. The van der Waals surface area contributed by atoms with Gasteiger partial charge < -0.3 is 5.11 Å². The van der Waals surface area contributed by atoms with E-state index in [0.717, 1.165) is 6.42 Å². The third kappa shape index (κ3) is 2.70. The number of rotatable bonds is 5. The minimum Gasteiger partial charge on any atom is -0.480 e. The van der Waals surface area contributed by atoms with Crippen molar-refractivity contribution in [2.45, 2.75) is 38.1 Å². The minimum absolute atomic E-state index is 0.0441. The van der Waals surface area contributed by atoms with Crippen LogP contribution in [0.5, 0.6) is 0 Å². The molecule has 0 saturated carbocycles. The molecule has 1 aliphatic heterocycles. The zero-order valence-corrected chi connectivity index (χ0v) is 11.1. The molecule has 0 aliphatic carbocycles. The molecule has 0 spiro atoms. The fourth-order valence-electron chi connectivity index (χ4n) is 1.71. The van der Waals surface area contributed by atoms with Crippen LogP contribution >= 0.6 is 11.8 Å². The van der Waals surface area contributed by atoms with Crippen LogP contribution in [-0.2, 0) is 14.8 Å². The van der Waals surface area contributed by atoms with Gasteiger partial charge in [-0.1, -0.05) is 13.3 Å². The molecule has 1 saturated heterocycles. The number of carbonyl (C=O) groups is 1. The van der Waals surface area contributed by atoms with Crippen molar-refractivity contribution in [2.75, 3.05) is 11.5 Å². The van der Waals surface area contributed by atoms with Gasteiger partial charge in [-0.3, -0.25) is 4.79 Å². The van der Waals surface area contributed by atoms with Crippen molar-refractivity contribution in [3.05, 3.63) is 0 Å². The summed E-state index contributed by atoms with van der Waals surface area (Å²) >= 11 is 1.42. The Balaban J connectivity index is 2.98. The van der Waals surface area contributed by atoms with Crippen molar-refractivity contribution in [1.29, 1.82) is 0 Å². The van der Waals surface area contributed by atoms with Crippen molar-refractivity contribution >= 4 is 27.8 Å². The van der Waals surface area contributed by atoms with Crippen molar-refractivity contribution < 1.29 is 18.3 Å². The van der Waals surface area contributed by atoms with Gasteiger partial charge >= 0.3 is 5.97 Å². The van der Waals surface area contributed by atoms with E-state index in [1.807, 2.05) is 6.92 Å². The molecule has 0 radical (unpaired) electrons. The smallest absolute Gasteiger partial charge is 0.322 e. The summed E-state index contributed by atoms with van der Waals surface area (Å²) in [4.78, 5) is 11.0. The van der Waals surface area contributed by atoms with E-state index >= 15 is 0 Å². The van der Waals surface area contributed by atoms with Gasteiger partial charge in [-0.05, 0) is 13.3 Å². The summed E-state index contributed by atoms with van der Waals surface area (Å²) in [6, 6.07) is -0.897. The van der Waals surface area contributed by atoms with E-state index in [0.29, 0.717) is 12.2 Å². The maximum absolute atomic E-state index is 11.9. The van der Waals surface area contributed by atoms with Crippen LogP contribution in [0.4, 0.5) is 0 Å². The largest absolute Gasteiger partial charge is 0.480 e. The van der Waals surface area contributed by atoms with Crippen LogP contribution in [0.2, 0.25) is 0 Å². The average Bonchev–Trinajstić information content (AvgIpc) is 2.63. The molecule has 0 amide bonds. The van der Waals surface area contributed by atoms with Gasteiger partial charge in [-0.15, -0.1) is 11.8 Å². The predicted molar refractivity (Wildman–Crippen MR) is 63.9 cm³/mol. The highest BCUT2D eigenvalue weighted by Gasteiger charge is 2.44. The molecule has 0 aromatic carbocycles. The number of thioether (sulfide) groups is 1. The minimum atomic E-state index is -3.43. The number of aliphatic carboxylic acids is 1. The first kappa shape index (κ1) is 13.8. The second kappa shape index (κ2) is 5.37. The van der Waals surface area contributed by atoms with E-state index in [9.17, 15) is 13.2 Å². The van der Waals surface area contributed by atoms with E-state index in [-0.39, 0.29) is 11.1 Å². The third-order valence-electron chi connectivity index (χ3n) is 2.54. The topological polar surface area (TPSA) is 74.7 Å². The standard InChI is InChI=1S/C9H17NO4S2/c1-3-5-8-10(16(13,14)4-2)7(6-15-8)9(11)12/h7-8H,3-6H2,1-2H3,(H,11,12). The Labute approximate surface area is 100 Å². The Morgan fingerprint density at radius 1 is 1.50 bits per heavy atom. The summed E-state index contributed by atoms with van der Waals surface area (Å²) in [5.74, 6) is -0.750. The second-order valence-electron chi connectivity index (χ2n) is 3.66. The lowest BCUT2D eigenvalue weighted by Gasteiger charge is -2.25. The van der Waals surface area contributed by atoms with Crippen LogP contribution in [0.1, 0.15) is 26.7 Å². The van der Waals surface area contributed by atoms with Crippen molar-refractivity contribution in [1.82, 2.24) is 4.31 Å². The fourth-order valence-corrected chi connectivity index (χ4v) is 5.10. The van der Waals surface area contributed by atoms with E-state index in [1.165, 1.54) is 16.1 Å². The van der Waals surface area contributed by atoms with Gasteiger partial charge in [0.2, 0.25) is 10.0 Å². The third-order valence-corrected chi connectivity index (χ3v) is 5.91. The Kier molecular flexibility index (Phi) is 4.63. The van der Waals surface area contributed by atoms with Gasteiger partial charge in [0.1, 0.15) is 6.04 Å². The van der Waals surface area contributed by atoms with E-state index in [2.05, 4.69) is 0 Å². The first-order valence-corrected chi connectivity index (χ1v) is 7.95. The summed E-state index contributed by atoms with van der Waals surface area (Å²) in [6.45, 7) is 3.51. The lowest BCUT2D eigenvalue weighted by Crippen LogP contribution is -2.46. The SMILES string of the molecule is CCCC1SCC(C(=O)O)N1S(=O)(=O)CC. The molecule has 1 rings (SSSR count). The molecular weight excluding hydrogens is 250 g/mol. The maximum atomic E-state index is 11.9. The first-order chi connectivity index (χ1) is 7.44. The van der Waals surface area contributed by atoms with E-state index in [4.69, 9.17) is 5.11 Å². The maximum Gasteiger partial charge on any atom is 0.322 e. The number of sulfonamides is 1. The molecule has 2 unspecified atom stereocenters. The van der Waals surface area contributed by atoms with Crippen molar-refractivity contribution in [2.24, 2.45) is 0 Å². The Morgan fingerprint density at radius 2 is 2.12 bits per heavy atom. The molecular formula is C9H17NO4S2. The predicted octanol–water partition coefficient (Wildman–Crippen LogP) is 0.964. The van der Waals surface area contributed by atoms with Crippen LogP contribution < -0.4 is 0 Å². The van der Waals surface area contributed by atoms with Gasteiger partial charge in [-0.25, -0.2) is 8.42 Å². The number of hydrogen-bond acceptors (Lipinski definition) is 4. The average molecular weight is 267 g/mol. The van der Waals surface area contributed by atoms with Gasteiger partial charge in [0.15, 0.2) is 0 Å². The lowest BCUT2D eigenvalue weighted by molar-refractivity contribution is -0.140. The molecule has 1 N–H and O–H groups in total. The zero-order valence-electron chi connectivity index (χ0n) is 9.42. The van der Waals surface area contributed by atoms with E-state index in [1.54, 1.807) is 6.92 Å². The first-order valence-electron chi connectivity index (χ1n) is 5.29. The molecule has 0 bridgehead atoms. The van der Waals surface area contributed by atoms with Crippen LogP contribution in [0, 0.1) is 0 Å². The summed E-state index contributed by atoms with van der Waals surface area (Å²) in [7, 11) is -3.43. The molecule has 2 atom stereocenters. The lowest BCUT2D eigenvalue weighted by atomic mass is 10.3. The molecule has 16 heavy (non-hydrogen) atoms. The monoisotopic (exact) mass is 267 g/mol. The summed E-state index contributed by atoms with van der Waals surface area (Å²) < 4.78 is 24.9. The fraction of sp³-hybridized carbons (Fsp3) is 0.889. The highest BCUT2D eigenvalue weighted by Crippen LogP contribution is 2.34. The number of hydrogen-bond donors (Lipinski definition) is 1. The molecule has 1 heterocycles. The van der Waals surface area contributed by atoms with Gasteiger partial charge in [0.05, 0.1) is 11.1 Å². The molecule has 5 nitrogen and oxygen atoms in total. The summed E-state index contributed by atoms with van der Waals surface area (Å²) in [5.41, 5.74) is 0. The zero-order chi connectivity index (χ0) is 12.3. The highest BCUT2D eigenvalue weighted by molar-refractivity contribution is 8.01. The molecule has 1 fully saturated rings. The van der Waals surface area contributed by atoms with Crippen LogP contribution in [0.15, 0.2) is 0 Å². The highest BCUT2D eigenvalue weighted by atomic mass is 32.2. The molecule has 7 heteroatoms. The van der Waals surface area contributed by atoms with Gasteiger partial charge in [0, 0.05) is 5.75 Å². The molecule has 94 valence electrons. The Hall–Kier alpha value is -0.270. The number of carboxylic acids is 1. The van der Waals surface area contributed by atoms with Gasteiger partial charge in [0.25, 0.3) is 0 Å².